The van der Waals surface area contributed by atoms with E-state index in [-0.39, 0.29) is 5.82 Å². The maximum atomic E-state index is 13.3. The lowest BCUT2D eigenvalue weighted by Gasteiger charge is -2.12. The van der Waals surface area contributed by atoms with Crippen LogP contribution < -0.4 is 0 Å². The predicted octanol–water partition coefficient (Wildman–Crippen LogP) is 4.37. The van der Waals surface area contributed by atoms with Gasteiger partial charge in [-0.05, 0) is 44.0 Å². The average Bonchev–Trinajstić information content (AvgIpc) is 2.32. The van der Waals surface area contributed by atoms with Gasteiger partial charge in [-0.1, -0.05) is 12.1 Å². The van der Waals surface area contributed by atoms with Crippen LogP contribution >= 0.6 is 7.60 Å². The zero-order valence-electron chi connectivity index (χ0n) is 10.9. The quantitative estimate of drug-likeness (QED) is 0.721. The molecule has 0 saturated carbocycles. The fourth-order valence-corrected chi connectivity index (χ4v) is 2.69. The summed E-state index contributed by atoms with van der Waals surface area (Å²) in [5.41, 5.74) is 1.20. The van der Waals surface area contributed by atoms with Crippen LogP contribution in [-0.2, 0) is 13.6 Å². The van der Waals surface area contributed by atoms with Gasteiger partial charge in [0.05, 0.1) is 13.2 Å². The third kappa shape index (κ3) is 4.37. The number of hydrogen-bond donors (Lipinski definition) is 0. The maximum Gasteiger partial charge on any atom is 0.354 e. The van der Waals surface area contributed by atoms with Crippen molar-refractivity contribution in [3.05, 3.63) is 41.0 Å². The topological polar surface area (TPSA) is 35.5 Å². The van der Waals surface area contributed by atoms with Gasteiger partial charge in [0.25, 0.3) is 0 Å². The molecule has 1 aromatic rings. The molecular weight excluding hydrogens is 254 g/mol. The van der Waals surface area contributed by atoms with E-state index in [2.05, 4.69) is 0 Å². The van der Waals surface area contributed by atoms with Crippen LogP contribution in [-0.4, -0.2) is 13.2 Å². The van der Waals surface area contributed by atoms with Crippen LogP contribution in [0.4, 0.5) is 4.39 Å². The van der Waals surface area contributed by atoms with Crippen LogP contribution in [0.25, 0.3) is 6.08 Å². The van der Waals surface area contributed by atoms with Gasteiger partial charge in [0.1, 0.15) is 5.82 Å². The van der Waals surface area contributed by atoms with Crippen molar-refractivity contribution in [2.75, 3.05) is 13.2 Å². The van der Waals surface area contributed by atoms with Gasteiger partial charge in [0.15, 0.2) is 0 Å². The van der Waals surface area contributed by atoms with Crippen LogP contribution in [0, 0.1) is 12.7 Å². The summed E-state index contributed by atoms with van der Waals surface area (Å²) in [5.74, 6) is 1.07. The molecule has 0 N–H and O–H groups in total. The van der Waals surface area contributed by atoms with E-state index in [4.69, 9.17) is 9.05 Å². The second-order valence-corrected chi connectivity index (χ2v) is 5.59. The Balaban J connectivity index is 2.88. The number of rotatable bonds is 6. The highest BCUT2D eigenvalue weighted by atomic mass is 31.2. The van der Waals surface area contributed by atoms with Crippen LogP contribution in [0.2, 0.25) is 0 Å². The van der Waals surface area contributed by atoms with Crippen molar-refractivity contribution >= 4 is 13.7 Å². The summed E-state index contributed by atoms with van der Waals surface area (Å²) in [7, 11) is -3.21. The van der Waals surface area contributed by atoms with E-state index in [1.807, 2.05) is 0 Å². The van der Waals surface area contributed by atoms with Crippen LogP contribution in [0.5, 0.6) is 0 Å². The van der Waals surface area contributed by atoms with Crippen molar-refractivity contribution in [3.8, 4) is 0 Å². The third-order valence-electron chi connectivity index (χ3n) is 2.26. The van der Waals surface area contributed by atoms with Gasteiger partial charge in [0.2, 0.25) is 0 Å². The fourth-order valence-electron chi connectivity index (χ4n) is 1.37. The fraction of sp³-hybridized carbons (Fsp3) is 0.385. The van der Waals surface area contributed by atoms with Crippen molar-refractivity contribution in [1.29, 1.82) is 0 Å². The number of benzene rings is 1. The summed E-state index contributed by atoms with van der Waals surface area (Å²) in [5, 5.41) is 0. The molecule has 1 rings (SSSR count). The molecule has 1 aromatic carbocycles. The molecule has 0 unspecified atom stereocenters. The Morgan fingerprint density at radius 2 is 1.89 bits per heavy atom. The third-order valence-corrected chi connectivity index (χ3v) is 4.01. The van der Waals surface area contributed by atoms with Crippen molar-refractivity contribution in [3.63, 3.8) is 0 Å². The minimum atomic E-state index is -3.21. The highest BCUT2D eigenvalue weighted by molar-refractivity contribution is 7.57. The van der Waals surface area contributed by atoms with Crippen LogP contribution in [0.15, 0.2) is 24.0 Å². The lowest BCUT2D eigenvalue weighted by molar-refractivity contribution is 0.229. The zero-order valence-corrected chi connectivity index (χ0v) is 11.7. The molecule has 0 heterocycles. The minimum absolute atomic E-state index is 0.292. The molecule has 0 aliphatic carbocycles. The van der Waals surface area contributed by atoms with Crippen molar-refractivity contribution < 1.29 is 18.0 Å². The molecular formula is C13H18FO3P. The van der Waals surface area contributed by atoms with E-state index in [1.54, 1.807) is 39.0 Å². The molecule has 0 atom stereocenters. The standard InChI is InChI=1S/C13H18FO3P/c1-4-16-18(15,17-5-2)9-8-12-7-6-11(3)13(14)10-12/h6-10H,4-5H2,1-3H3/b9-8-. The van der Waals surface area contributed by atoms with Gasteiger partial charge in [0, 0.05) is 5.82 Å². The molecule has 0 radical (unpaired) electrons. The Hall–Kier alpha value is -0.960. The molecule has 0 amide bonds. The van der Waals surface area contributed by atoms with Gasteiger partial charge in [-0.15, -0.1) is 0 Å². The maximum absolute atomic E-state index is 13.3. The molecule has 5 heteroatoms. The normalized spacial score (nSPS) is 12.2. The Morgan fingerprint density at radius 3 is 2.39 bits per heavy atom. The molecule has 0 aliphatic heterocycles. The lowest BCUT2D eigenvalue weighted by atomic mass is 10.1. The first-order chi connectivity index (χ1) is 8.50. The van der Waals surface area contributed by atoms with E-state index in [9.17, 15) is 8.96 Å². The molecule has 0 fully saturated rings. The molecule has 3 nitrogen and oxygen atoms in total. The molecule has 18 heavy (non-hydrogen) atoms. The van der Waals surface area contributed by atoms with Gasteiger partial charge in [-0.2, -0.15) is 0 Å². The summed E-state index contributed by atoms with van der Waals surface area (Å²) in [6, 6.07) is 4.80. The largest absolute Gasteiger partial charge is 0.354 e. The molecule has 0 spiro atoms. The van der Waals surface area contributed by atoms with Gasteiger partial charge >= 0.3 is 7.60 Å². The van der Waals surface area contributed by atoms with E-state index < -0.39 is 7.60 Å². The average molecular weight is 272 g/mol. The Morgan fingerprint density at radius 1 is 1.28 bits per heavy atom. The Labute approximate surface area is 107 Å². The Kier molecular flexibility index (Phi) is 5.73. The summed E-state index contributed by atoms with van der Waals surface area (Å²) in [4.78, 5) is 0. The predicted molar refractivity (Wildman–Crippen MR) is 71.0 cm³/mol. The minimum Gasteiger partial charge on any atom is -0.306 e. The smallest absolute Gasteiger partial charge is 0.306 e. The Bertz CT molecular complexity index is 461. The van der Waals surface area contributed by atoms with E-state index in [0.29, 0.717) is 24.3 Å². The first-order valence-electron chi connectivity index (χ1n) is 5.85. The van der Waals surface area contributed by atoms with E-state index in [1.165, 1.54) is 11.9 Å². The van der Waals surface area contributed by atoms with Gasteiger partial charge in [-0.3, -0.25) is 4.57 Å². The zero-order chi connectivity index (χ0) is 13.6. The lowest BCUT2D eigenvalue weighted by Crippen LogP contribution is -1.92. The van der Waals surface area contributed by atoms with E-state index in [0.717, 1.165) is 0 Å². The van der Waals surface area contributed by atoms with Crippen molar-refractivity contribution in [2.24, 2.45) is 0 Å². The molecule has 0 aliphatic rings. The summed E-state index contributed by atoms with van der Waals surface area (Å²) < 4.78 is 35.6. The van der Waals surface area contributed by atoms with Crippen LogP contribution in [0.1, 0.15) is 25.0 Å². The summed E-state index contributed by atoms with van der Waals surface area (Å²) in [6.45, 7) is 5.76. The van der Waals surface area contributed by atoms with Crippen molar-refractivity contribution in [1.82, 2.24) is 0 Å². The molecule has 0 aromatic heterocycles. The van der Waals surface area contributed by atoms with Crippen molar-refractivity contribution in [2.45, 2.75) is 20.8 Å². The monoisotopic (exact) mass is 272 g/mol. The molecule has 0 bridgehead atoms. The number of aryl methyl sites for hydroxylation is 1. The van der Waals surface area contributed by atoms with Gasteiger partial charge < -0.3 is 9.05 Å². The number of halogens is 1. The number of hydrogen-bond acceptors (Lipinski definition) is 3. The SMILES string of the molecule is CCOP(=O)(/C=C\c1ccc(C)c(F)c1)OCC. The molecule has 100 valence electrons. The molecule has 0 saturated heterocycles. The first-order valence-corrected chi connectivity index (χ1v) is 7.46. The van der Waals surface area contributed by atoms with Gasteiger partial charge in [-0.25, -0.2) is 4.39 Å². The van der Waals surface area contributed by atoms with Crippen LogP contribution in [0.3, 0.4) is 0 Å². The second kappa shape index (κ2) is 6.83. The summed E-state index contributed by atoms with van der Waals surface area (Å²) in [6.07, 6.45) is 1.55. The highest BCUT2D eigenvalue weighted by Crippen LogP contribution is 2.50. The summed E-state index contributed by atoms with van der Waals surface area (Å²) >= 11 is 0. The second-order valence-electron chi connectivity index (χ2n) is 3.70. The van der Waals surface area contributed by atoms with E-state index >= 15 is 0 Å². The highest BCUT2D eigenvalue weighted by Gasteiger charge is 2.18. The first kappa shape index (κ1) is 15.1.